The van der Waals surface area contributed by atoms with E-state index < -0.39 is 0 Å². The maximum Gasteiger partial charge on any atom is 0.273 e. The monoisotopic (exact) mass is 306 g/mol. The molecule has 0 radical (unpaired) electrons. The third-order valence-electron chi connectivity index (χ3n) is 3.38. The molecular formula is C15H15FN2O4. The smallest absolute Gasteiger partial charge is 0.273 e. The summed E-state index contributed by atoms with van der Waals surface area (Å²) >= 11 is 0. The Hall–Kier alpha value is -2.41. The summed E-state index contributed by atoms with van der Waals surface area (Å²) in [4.78, 5) is 12.0. The van der Waals surface area contributed by atoms with E-state index in [1.807, 2.05) is 0 Å². The number of rotatable bonds is 4. The summed E-state index contributed by atoms with van der Waals surface area (Å²) in [7, 11) is 0. The maximum atomic E-state index is 12.9. The number of benzene rings is 1. The number of nitrogens with one attached hydrogen (secondary N) is 1. The van der Waals surface area contributed by atoms with Gasteiger partial charge in [0, 0.05) is 12.5 Å². The van der Waals surface area contributed by atoms with Crippen molar-refractivity contribution in [1.82, 2.24) is 10.5 Å². The second-order valence-electron chi connectivity index (χ2n) is 4.94. The van der Waals surface area contributed by atoms with Gasteiger partial charge in [0.05, 0.1) is 19.3 Å². The highest BCUT2D eigenvalue weighted by Gasteiger charge is 2.29. The molecule has 7 heteroatoms. The van der Waals surface area contributed by atoms with Crippen LogP contribution >= 0.6 is 0 Å². The first-order valence-electron chi connectivity index (χ1n) is 6.93. The van der Waals surface area contributed by atoms with Crippen molar-refractivity contribution in [2.75, 3.05) is 13.2 Å². The number of hydrogen-bond donors (Lipinski definition) is 1. The average molecular weight is 306 g/mol. The van der Waals surface area contributed by atoms with Gasteiger partial charge >= 0.3 is 0 Å². The van der Waals surface area contributed by atoms with E-state index in [-0.39, 0.29) is 29.6 Å². The number of hydrogen-bond acceptors (Lipinski definition) is 5. The number of amides is 1. The molecule has 1 aromatic heterocycles. The number of ether oxygens (including phenoxy) is 2. The maximum absolute atomic E-state index is 12.9. The van der Waals surface area contributed by atoms with Crippen LogP contribution in [0.2, 0.25) is 0 Å². The van der Waals surface area contributed by atoms with Crippen LogP contribution in [0.15, 0.2) is 41.1 Å². The van der Waals surface area contributed by atoms with Crippen molar-refractivity contribution < 1.29 is 23.2 Å². The summed E-state index contributed by atoms with van der Waals surface area (Å²) in [6.45, 7) is 0.887. The first-order valence-corrected chi connectivity index (χ1v) is 6.93. The lowest BCUT2D eigenvalue weighted by Crippen LogP contribution is -2.51. The summed E-state index contributed by atoms with van der Waals surface area (Å²) in [5.41, 5.74) is 0.200. The fraction of sp³-hybridized carbons (Fsp3) is 0.333. The highest BCUT2D eigenvalue weighted by molar-refractivity contribution is 5.92. The van der Waals surface area contributed by atoms with Gasteiger partial charge in [0.1, 0.15) is 23.9 Å². The minimum Gasteiger partial charge on any atom is -0.488 e. The second-order valence-corrected chi connectivity index (χ2v) is 4.94. The van der Waals surface area contributed by atoms with Crippen molar-refractivity contribution in [3.8, 4) is 5.75 Å². The molecule has 1 aromatic carbocycles. The molecule has 116 valence electrons. The van der Waals surface area contributed by atoms with Crippen molar-refractivity contribution in [2.45, 2.75) is 18.6 Å². The molecular weight excluding hydrogens is 291 g/mol. The van der Waals surface area contributed by atoms with E-state index in [9.17, 15) is 9.18 Å². The van der Waals surface area contributed by atoms with Crippen molar-refractivity contribution in [3.05, 3.63) is 48.1 Å². The Labute approximate surface area is 126 Å². The van der Waals surface area contributed by atoms with Gasteiger partial charge in [-0.25, -0.2) is 4.39 Å². The third-order valence-corrected chi connectivity index (χ3v) is 3.38. The summed E-state index contributed by atoms with van der Waals surface area (Å²) < 4.78 is 28.8. The molecule has 6 nitrogen and oxygen atoms in total. The normalized spacial score (nSPS) is 21.3. The van der Waals surface area contributed by atoms with Gasteiger partial charge in [-0.15, -0.1) is 0 Å². The number of aromatic nitrogens is 1. The zero-order valence-electron chi connectivity index (χ0n) is 11.7. The van der Waals surface area contributed by atoms with Crippen LogP contribution in [0.3, 0.4) is 0 Å². The highest BCUT2D eigenvalue weighted by Crippen LogP contribution is 2.19. The predicted octanol–water partition coefficient (Wildman–Crippen LogP) is 1.78. The minimum atomic E-state index is -0.350. The van der Waals surface area contributed by atoms with Crippen LogP contribution in [0.4, 0.5) is 4.39 Å². The first kappa shape index (κ1) is 14.5. The Morgan fingerprint density at radius 3 is 2.86 bits per heavy atom. The average Bonchev–Trinajstić information content (AvgIpc) is 3.06. The minimum absolute atomic E-state index is 0.200. The van der Waals surface area contributed by atoms with Crippen LogP contribution in [0.1, 0.15) is 16.9 Å². The molecule has 1 aliphatic rings. The molecule has 1 aliphatic heterocycles. The lowest BCUT2D eigenvalue weighted by Gasteiger charge is -2.32. The molecule has 2 aromatic rings. The fourth-order valence-electron chi connectivity index (χ4n) is 2.25. The van der Waals surface area contributed by atoms with Gasteiger partial charge < -0.3 is 19.3 Å². The molecule has 0 bridgehead atoms. The van der Waals surface area contributed by atoms with Gasteiger partial charge in [-0.05, 0) is 24.3 Å². The summed E-state index contributed by atoms with van der Waals surface area (Å²) in [5.74, 6) is -0.124. The zero-order chi connectivity index (χ0) is 15.4. The standard InChI is InChI=1S/C15H15FN2O4/c16-10-1-3-11(4-2-10)22-14-6-7-20-9-13(14)17-15(19)12-5-8-21-18-12/h1-5,8,13-14H,6-7,9H2,(H,17,19)/t13-,14+/m1/s1. The van der Waals surface area contributed by atoms with E-state index in [4.69, 9.17) is 9.47 Å². The van der Waals surface area contributed by atoms with Crippen molar-refractivity contribution in [2.24, 2.45) is 0 Å². The summed E-state index contributed by atoms with van der Waals surface area (Å²) in [6, 6.07) is 6.94. The molecule has 1 fully saturated rings. The van der Waals surface area contributed by atoms with E-state index in [0.717, 1.165) is 0 Å². The number of halogens is 1. The van der Waals surface area contributed by atoms with Gasteiger partial charge in [-0.3, -0.25) is 4.79 Å². The lowest BCUT2D eigenvalue weighted by atomic mass is 10.1. The van der Waals surface area contributed by atoms with Gasteiger partial charge in [0.15, 0.2) is 5.69 Å². The molecule has 2 heterocycles. The number of carbonyl (C=O) groups is 1. The highest BCUT2D eigenvalue weighted by atomic mass is 19.1. The van der Waals surface area contributed by atoms with E-state index in [1.54, 1.807) is 12.1 Å². The van der Waals surface area contributed by atoms with Gasteiger partial charge in [0.2, 0.25) is 0 Å². The number of nitrogens with zero attached hydrogens (tertiary/aromatic N) is 1. The molecule has 22 heavy (non-hydrogen) atoms. The molecule has 2 atom stereocenters. The molecule has 0 spiro atoms. The summed E-state index contributed by atoms with van der Waals surface area (Å²) in [5, 5.41) is 6.41. The Morgan fingerprint density at radius 1 is 1.32 bits per heavy atom. The van der Waals surface area contributed by atoms with Crippen LogP contribution in [0.25, 0.3) is 0 Å². The van der Waals surface area contributed by atoms with Crippen LogP contribution < -0.4 is 10.1 Å². The third kappa shape index (κ3) is 3.43. The van der Waals surface area contributed by atoms with Crippen LogP contribution in [-0.4, -0.2) is 36.4 Å². The molecule has 3 rings (SSSR count). The lowest BCUT2D eigenvalue weighted by molar-refractivity contribution is -0.00301. The Balaban J connectivity index is 1.65. The predicted molar refractivity (Wildman–Crippen MR) is 74.0 cm³/mol. The molecule has 0 unspecified atom stereocenters. The topological polar surface area (TPSA) is 73.6 Å². The zero-order valence-corrected chi connectivity index (χ0v) is 11.7. The van der Waals surface area contributed by atoms with Crippen molar-refractivity contribution in [3.63, 3.8) is 0 Å². The molecule has 0 aliphatic carbocycles. The quantitative estimate of drug-likeness (QED) is 0.932. The fourth-order valence-corrected chi connectivity index (χ4v) is 2.25. The Kier molecular flexibility index (Phi) is 4.34. The van der Waals surface area contributed by atoms with E-state index in [0.29, 0.717) is 25.4 Å². The first-order chi connectivity index (χ1) is 10.7. The molecule has 1 saturated heterocycles. The van der Waals surface area contributed by atoms with E-state index in [1.165, 1.54) is 24.5 Å². The van der Waals surface area contributed by atoms with Gasteiger partial charge in [-0.1, -0.05) is 5.16 Å². The van der Waals surface area contributed by atoms with Crippen molar-refractivity contribution >= 4 is 5.91 Å². The largest absolute Gasteiger partial charge is 0.488 e. The van der Waals surface area contributed by atoms with Crippen molar-refractivity contribution in [1.29, 1.82) is 0 Å². The molecule has 1 N–H and O–H groups in total. The van der Waals surface area contributed by atoms with E-state index >= 15 is 0 Å². The summed E-state index contributed by atoms with van der Waals surface area (Å²) in [6.07, 6.45) is 1.70. The van der Waals surface area contributed by atoms with Crippen LogP contribution in [0.5, 0.6) is 5.75 Å². The molecule has 1 amide bonds. The SMILES string of the molecule is O=C(N[C@@H]1COCC[C@@H]1Oc1ccc(F)cc1)c1ccon1. The van der Waals surface area contributed by atoms with Crippen LogP contribution in [0, 0.1) is 5.82 Å². The van der Waals surface area contributed by atoms with Gasteiger partial charge in [0.25, 0.3) is 5.91 Å². The Morgan fingerprint density at radius 2 is 2.14 bits per heavy atom. The second kappa shape index (κ2) is 6.57. The molecule has 0 saturated carbocycles. The Bertz CT molecular complexity index is 615. The number of carbonyl (C=O) groups excluding carboxylic acids is 1. The van der Waals surface area contributed by atoms with Gasteiger partial charge in [-0.2, -0.15) is 0 Å². The van der Waals surface area contributed by atoms with Crippen LogP contribution in [-0.2, 0) is 4.74 Å². The van der Waals surface area contributed by atoms with E-state index in [2.05, 4.69) is 15.0 Å².